The number of amides is 3. The van der Waals surface area contributed by atoms with Crippen molar-refractivity contribution in [1.82, 2.24) is 10.2 Å². The summed E-state index contributed by atoms with van der Waals surface area (Å²) >= 11 is 0. The molecule has 3 amide bonds. The smallest absolute Gasteiger partial charge is 0.329 e. The topological polar surface area (TPSA) is 84.9 Å². The number of hydrogen-bond donors (Lipinski definition) is 1. The molecule has 2 aliphatic heterocycles. The SMILES string of the molecule is COc1ccc(C2(C)NC(=O)N(C3CC(C)OC3=O)C2=O)cc1. The summed E-state index contributed by atoms with van der Waals surface area (Å²) in [5.74, 6) is -0.345. The van der Waals surface area contributed by atoms with E-state index in [0.29, 0.717) is 17.7 Å². The maximum atomic E-state index is 12.8. The number of hydrogen-bond acceptors (Lipinski definition) is 5. The summed E-state index contributed by atoms with van der Waals surface area (Å²) in [5, 5.41) is 2.69. The first-order valence-corrected chi connectivity index (χ1v) is 7.37. The molecule has 0 bridgehead atoms. The molecule has 3 atom stereocenters. The van der Waals surface area contributed by atoms with Gasteiger partial charge in [-0.3, -0.25) is 4.79 Å². The summed E-state index contributed by atoms with van der Waals surface area (Å²) < 4.78 is 10.2. The number of imide groups is 1. The van der Waals surface area contributed by atoms with E-state index in [4.69, 9.17) is 9.47 Å². The zero-order chi connectivity index (χ0) is 16.8. The van der Waals surface area contributed by atoms with Gasteiger partial charge in [0, 0.05) is 6.42 Å². The monoisotopic (exact) mass is 318 g/mol. The summed E-state index contributed by atoms with van der Waals surface area (Å²) in [6.07, 6.45) is 0.0115. The van der Waals surface area contributed by atoms with Crippen molar-refractivity contribution in [2.75, 3.05) is 7.11 Å². The van der Waals surface area contributed by atoms with E-state index >= 15 is 0 Å². The van der Waals surface area contributed by atoms with Gasteiger partial charge >= 0.3 is 12.0 Å². The second-order valence-electron chi connectivity index (χ2n) is 5.96. The zero-order valence-corrected chi connectivity index (χ0v) is 13.2. The number of methoxy groups -OCH3 is 1. The van der Waals surface area contributed by atoms with E-state index < -0.39 is 29.5 Å². The second-order valence-corrected chi connectivity index (χ2v) is 5.96. The highest BCUT2D eigenvalue weighted by molar-refractivity contribution is 6.09. The van der Waals surface area contributed by atoms with E-state index in [0.717, 1.165) is 4.90 Å². The van der Waals surface area contributed by atoms with E-state index in [1.54, 1.807) is 45.2 Å². The first-order chi connectivity index (χ1) is 10.9. The highest BCUT2D eigenvalue weighted by Crippen LogP contribution is 2.33. The van der Waals surface area contributed by atoms with Gasteiger partial charge in [-0.05, 0) is 31.5 Å². The van der Waals surface area contributed by atoms with Crippen LogP contribution in [-0.4, -0.2) is 42.1 Å². The summed E-state index contributed by atoms with van der Waals surface area (Å²) in [4.78, 5) is 38.0. The van der Waals surface area contributed by atoms with E-state index in [1.165, 1.54) is 0 Å². The molecule has 2 saturated heterocycles. The van der Waals surface area contributed by atoms with Crippen molar-refractivity contribution < 1.29 is 23.9 Å². The zero-order valence-electron chi connectivity index (χ0n) is 13.2. The van der Waals surface area contributed by atoms with Crippen molar-refractivity contribution in [2.24, 2.45) is 0 Å². The van der Waals surface area contributed by atoms with Crippen LogP contribution >= 0.6 is 0 Å². The van der Waals surface area contributed by atoms with E-state index in [9.17, 15) is 14.4 Å². The lowest BCUT2D eigenvalue weighted by molar-refractivity contribution is -0.147. The van der Waals surface area contributed by atoms with Gasteiger partial charge in [-0.1, -0.05) is 12.1 Å². The maximum Gasteiger partial charge on any atom is 0.329 e. The fraction of sp³-hybridized carbons (Fsp3) is 0.438. The van der Waals surface area contributed by atoms with Crippen LogP contribution < -0.4 is 10.1 Å². The molecule has 1 N–H and O–H groups in total. The molecule has 3 unspecified atom stereocenters. The van der Waals surface area contributed by atoms with Crippen LogP contribution in [0.15, 0.2) is 24.3 Å². The van der Waals surface area contributed by atoms with Crippen molar-refractivity contribution in [3.8, 4) is 5.75 Å². The average Bonchev–Trinajstić information content (AvgIpc) is 2.96. The molecule has 2 fully saturated rings. The minimum Gasteiger partial charge on any atom is -0.497 e. The number of carbonyl (C=O) groups excluding carboxylic acids is 3. The lowest BCUT2D eigenvalue weighted by atomic mass is 9.91. The Morgan fingerprint density at radius 2 is 1.91 bits per heavy atom. The van der Waals surface area contributed by atoms with Crippen LogP contribution in [0.5, 0.6) is 5.75 Å². The first kappa shape index (κ1) is 15.3. The predicted molar refractivity (Wildman–Crippen MR) is 79.7 cm³/mol. The maximum absolute atomic E-state index is 12.8. The fourth-order valence-electron chi connectivity index (χ4n) is 3.01. The highest BCUT2D eigenvalue weighted by Gasteiger charge is 2.54. The number of nitrogens with one attached hydrogen (secondary N) is 1. The molecular formula is C16H18N2O5. The standard InChI is InChI=1S/C16H18N2O5/c1-9-8-12(13(19)23-9)18-14(20)16(2,17-15(18)21)10-4-6-11(22-3)7-5-10/h4-7,9,12H,8H2,1-3H3,(H,17,21). The van der Waals surface area contributed by atoms with Crippen LogP contribution in [0.25, 0.3) is 0 Å². The predicted octanol–water partition coefficient (Wildman–Crippen LogP) is 1.17. The molecule has 2 heterocycles. The summed E-state index contributed by atoms with van der Waals surface area (Å²) in [6.45, 7) is 3.36. The third-order valence-corrected chi connectivity index (χ3v) is 4.35. The molecule has 0 spiro atoms. The summed E-state index contributed by atoms with van der Waals surface area (Å²) in [6, 6.07) is 5.43. The summed E-state index contributed by atoms with van der Waals surface area (Å²) in [5.41, 5.74) is -0.589. The molecule has 1 aromatic rings. The van der Waals surface area contributed by atoms with Gasteiger partial charge in [0.05, 0.1) is 7.11 Å². The summed E-state index contributed by atoms with van der Waals surface area (Å²) in [7, 11) is 1.55. The largest absolute Gasteiger partial charge is 0.497 e. The Bertz CT molecular complexity index is 672. The number of cyclic esters (lactones) is 1. The number of urea groups is 1. The molecule has 0 aliphatic carbocycles. The molecule has 7 nitrogen and oxygen atoms in total. The van der Waals surface area contributed by atoms with Crippen LogP contribution in [0.1, 0.15) is 25.8 Å². The van der Waals surface area contributed by atoms with Crippen LogP contribution in [0.2, 0.25) is 0 Å². The Balaban J connectivity index is 1.91. The van der Waals surface area contributed by atoms with Crippen molar-refractivity contribution in [2.45, 2.75) is 38.0 Å². The van der Waals surface area contributed by atoms with E-state index in [-0.39, 0.29) is 6.10 Å². The Morgan fingerprint density at radius 1 is 1.26 bits per heavy atom. The molecule has 23 heavy (non-hydrogen) atoms. The third-order valence-electron chi connectivity index (χ3n) is 4.35. The van der Waals surface area contributed by atoms with Crippen molar-refractivity contribution >= 4 is 17.9 Å². The second kappa shape index (κ2) is 5.26. The number of nitrogens with zero attached hydrogens (tertiary/aromatic N) is 1. The van der Waals surface area contributed by atoms with Crippen LogP contribution in [0.3, 0.4) is 0 Å². The Kier molecular flexibility index (Phi) is 3.50. The molecule has 2 aliphatic rings. The lowest BCUT2D eigenvalue weighted by Gasteiger charge is -2.23. The Labute approximate surface area is 133 Å². The quantitative estimate of drug-likeness (QED) is 0.668. The Morgan fingerprint density at radius 3 is 2.43 bits per heavy atom. The van der Waals surface area contributed by atoms with Gasteiger partial charge in [-0.2, -0.15) is 0 Å². The van der Waals surface area contributed by atoms with Gasteiger partial charge in [0.25, 0.3) is 5.91 Å². The number of ether oxygens (including phenoxy) is 2. The number of carbonyl (C=O) groups is 3. The molecule has 3 rings (SSSR count). The van der Waals surface area contributed by atoms with Crippen molar-refractivity contribution in [1.29, 1.82) is 0 Å². The van der Waals surface area contributed by atoms with E-state index in [2.05, 4.69) is 5.32 Å². The lowest BCUT2D eigenvalue weighted by Crippen LogP contribution is -2.45. The number of rotatable bonds is 3. The first-order valence-electron chi connectivity index (χ1n) is 7.37. The third kappa shape index (κ3) is 2.32. The number of esters is 1. The van der Waals surface area contributed by atoms with Gasteiger partial charge in [0.15, 0.2) is 0 Å². The molecule has 0 aromatic heterocycles. The minimum atomic E-state index is -1.21. The Hall–Kier alpha value is -2.57. The molecule has 0 saturated carbocycles. The normalized spacial score (nSPS) is 30.4. The average molecular weight is 318 g/mol. The van der Waals surface area contributed by atoms with Crippen molar-refractivity contribution in [3.63, 3.8) is 0 Å². The number of benzene rings is 1. The molecular weight excluding hydrogens is 300 g/mol. The van der Waals surface area contributed by atoms with Crippen molar-refractivity contribution in [3.05, 3.63) is 29.8 Å². The van der Waals surface area contributed by atoms with Gasteiger partial charge in [-0.15, -0.1) is 0 Å². The molecule has 1 aromatic carbocycles. The fourth-order valence-corrected chi connectivity index (χ4v) is 3.01. The van der Waals surface area contributed by atoms with Gasteiger partial charge in [0.2, 0.25) is 0 Å². The molecule has 7 heteroatoms. The van der Waals surface area contributed by atoms with Gasteiger partial charge in [0.1, 0.15) is 23.4 Å². The van der Waals surface area contributed by atoms with Crippen LogP contribution in [0, 0.1) is 0 Å². The molecule has 0 radical (unpaired) electrons. The van der Waals surface area contributed by atoms with Gasteiger partial charge in [-0.25, -0.2) is 14.5 Å². The van der Waals surface area contributed by atoms with Crippen LogP contribution in [-0.2, 0) is 19.9 Å². The molecule has 122 valence electrons. The van der Waals surface area contributed by atoms with Crippen LogP contribution in [0.4, 0.5) is 4.79 Å². The van der Waals surface area contributed by atoms with E-state index in [1.807, 2.05) is 0 Å². The highest BCUT2D eigenvalue weighted by atomic mass is 16.6. The minimum absolute atomic E-state index is 0.305. The van der Waals surface area contributed by atoms with Gasteiger partial charge < -0.3 is 14.8 Å².